The van der Waals surface area contributed by atoms with E-state index in [4.69, 9.17) is 11.6 Å². The van der Waals surface area contributed by atoms with E-state index in [2.05, 4.69) is 30.1 Å². The first kappa shape index (κ1) is 9.66. The molecule has 1 aliphatic rings. The summed E-state index contributed by atoms with van der Waals surface area (Å²) in [5, 5.41) is 4.26. The van der Waals surface area contributed by atoms with Gasteiger partial charge in [-0.05, 0) is 32.0 Å². The summed E-state index contributed by atoms with van der Waals surface area (Å²) in [6.45, 7) is 6.44. The van der Waals surface area contributed by atoms with E-state index in [-0.39, 0.29) is 0 Å². The molecule has 0 bridgehead atoms. The van der Waals surface area contributed by atoms with Crippen LogP contribution < -0.4 is 10.2 Å². The third-order valence-corrected chi connectivity index (χ3v) is 2.81. The van der Waals surface area contributed by atoms with E-state index in [9.17, 15) is 0 Å². The lowest BCUT2D eigenvalue weighted by atomic mass is 10.1. The lowest BCUT2D eigenvalue weighted by Gasteiger charge is -2.35. The molecule has 1 atom stereocenters. The summed E-state index contributed by atoms with van der Waals surface area (Å²) in [6.07, 6.45) is 0. The summed E-state index contributed by atoms with van der Waals surface area (Å²) < 4.78 is 0. The number of hydrogen-bond donors (Lipinski definition) is 1. The second kappa shape index (κ2) is 3.70. The molecular weight excluding hydrogens is 196 g/mol. The van der Waals surface area contributed by atoms with Crippen molar-refractivity contribution >= 4 is 23.0 Å². The zero-order valence-electron chi connectivity index (χ0n) is 8.55. The highest BCUT2D eigenvalue weighted by Gasteiger charge is 2.19. The van der Waals surface area contributed by atoms with Crippen LogP contribution in [0.3, 0.4) is 0 Å². The van der Waals surface area contributed by atoms with E-state index in [1.807, 2.05) is 12.1 Å². The highest BCUT2D eigenvalue weighted by Crippen LogP contribution is 2.32. The van der Waals surface area contributed by atoms with E-state index >= 15 is 0 Å². The van der Waals surface area contributed by atoms with Crippen molar-refractivity contribution in [1.29, 1.82) is 0 Å². The summed E-state index contributed by atoms with van der Waals surface area (Å²) in [5.41, 5.74) is 2.41. The summed E-state index contributed by atoms with van der Waals surface area (Å²) in [7, 11) is 0. The smallest absolute Gasteiger partial charge is 0.0617 e. The summed E-state index contributed by atoms with van der Waals surface area (Å²) in [6, 6.07) is 6.51. The quantitative estimate of drug-likeness (QED) is 0.767. The number of nitrogens with one attached hydrogen (secondary N) is 1. The molecule has 14 heavy (non-hydrogen) atoms. The fraction of sp³-hybridized carbons (Fsp3) is 0.455. The number of rotatable bonds is 1. The Morgan fingerprint density at radius 3 is 3.07 bits per heavy atom. The molecule has 0 aliphatic carbocycles. The molecule has 2 rings (SSSR count). The molecule has 0 saturated heterocycles. The van der Waals surface area contributed by atoms with E-state index in [1.165, 1.54) is 11.4 Å². The Balaban J connectivity index is 2.41. The van der Waals surface area contributed by atoms with Gasteiger partial charge in [-0.2, -0.15) is 0 Å². The highest BCUT2D eigenvalue weighted by atomic mass is 35.5. The molecule has 2 nitrogen and oxygen atoms in total. The molecule has 1 unspecified atom stereocenters. The first-order valence-electron chi connectivity index (χ1n) is 5.01. The molecule has 0 amide bonds. The number of nitrogens with zero attached hydrogens (tertiary/aromatic N) is 1. The molecule has 0 radical (unpaired) electrons. The first-order chi connectivity index (χ1) is 6.70. The molecule has 76 valence electrons. The van der Waals surface area contributed by atoms with Gasteiger partial charge in [-0.15, -0.1) is 0 Å². The molecule has 1 heterocycles. The minimum atomic E-state index is 0.503. The van der Waals surface area contributed by atoms with Gasteiger partial charge in [0.25, 0.3) is 0 Å². The molecular formula is C11H15ClN2. The topological polar surface area (TPSA) is 15.3 Å². The predicted molar refractivity (Wildman–Crippen MR) is 62.4 cm³/mol. The van der Waals surface area contributed by atoms with Crippen LogP contribution in [0.2, 0.25) is 5.02 Å². The number of fused-ring (bicyclic) bond motifs is 1. The number of hydrogen-bond acceptors (Lipinski definition) is 2. The SMILES string of the molecule is CCN1CC(C)Nc2ccc(Cl)cc21. The van der Waals surface area contributed by atoms with Gasteiger partial charge in [-0.3, -0.25) is 0 Å². The average Bonchev–Trinajstić information content (AvgIpc) is 2.17. The van der Waals surface area contributed by atoms with Gasteiger partial charge in [0.2, 0.25) is 0 Å². The Kier molecular flexibility index (Phi) is 2.55. The Hall–Kier alpha value is -0.890. The van der Waals surface area contributed by atoms with Crippen molar-refractivity contribution in [3.05, 3.63) is 23.2 Å². The van der Waals surface area contributed by atoms with Gasteiger partial charge in [0, 0.05) is 24.2 Å². The Morgan fingerprint density at radius 1 is 1.57 bits per heavy atom. The number of benzene rings is 1. The van der Waals surface area contributed by atoms with Gasteiger partial charge < -0.3 is 10.2 Å². The zero-order valence-corrected chi connectivity index (χ0v) is 9.30. The first-order valence-corrected chi connectivity index (χ1v) is 5.39. The Bertz CT molecular complexity index is 338. The summed E-state index contributed by atoms with van der Waals surface area (Å²) >= 11 is 5.98. The van der Waals surface area contributed by atoms with Crippen LogP contribution in [0.25, 0.3) is 0 Å². The Morgan fingerprint density at radius 2 is 2.36 bits per heavy atom. The maximum Gasteiger partial charge on any atom is 0.0617 e. The molecule has 0 saturated carbocycles. The predicted octanol–water partition coefficient (Wildman–Crippen LogP) is 2.98. The van der Waals surface area contributed by atoms with Crippen molar-refractivity contribution in [1.82, 2.24) is 0 Å². The molecule has 0 spiro atoms. The van der Waals surface area contributed by atoms with Gasteiger partial charge in [-0.25, -0.2) is 0 Å². The third-order valence-electron chi connectivity index (χ3n) is 2.58. The molecule has 1 aromatic carbocycles. The fourth-order valence-corrected chi connectivity index (χ4v) is 2.09. The van der Waals surface area contributed by atoms with Crippen LogP contribution in [0.15, 0.2) is 18.2 Å². The van der Waals surface area contributed by atoms with Crippen molar-refractivity contribution in [2.24, 2.45) is 0 Å². The zero-order chi connectivity index (χ0) is 10.1. The van der Waals surface area contributed by atoms with Crippen LogP contribution >= 0.6 is 11.6 Å². The largest absolute Gasteiger partial charge is 0.379 e. The van der Waals surface area contributed by atoms with Crippen LogP contribution in [-0.2, 0) is 0 Å². The molecule has 1 aliphatic heterocycles. The van der Waals surface area contributed by atoms with Crippen LogP contribution in [0.5, 0.6) is 0 Å². The lowest BCUT2D eigenvalue weighted by molar-refractivity contribution is 0.703. The van der Waals surface area contributed by atoms with Crippen LogP contribution in [-0.4, -0.2) is 19.1 Å². The van der Waals surface area contributed by atoms with E-state index in [1.54, 1.807) is 0 Å². The number of likely N-dealkylation sites (N-methyl/N-ethyl adjacent to an activating group) is 1. The minimum Gasteiger partial charge on any atom is -0.379 e. The van der Waals surface area contributed by atoms with Gasteiger partial charge >= 0.3 is 0 Å². The van der Waals surface area contributed by atoms with Gasteiger partial charge in [0.15, 0.2) is 0 Å². The van der Waals surface area contributed by atoms with Crippen molar-refractivity contribution in [2.75, 3.05) is 23.3 Å². The van der Waals surface area contributed by atoms with Crippen molar-refractivity contribution in [3.8, 4) is 0 Å². The molecule has 3 heteroatoms. The monoisotopic (exact) mass is 210 g/mol. The maximum absolute atomic E-state index is 5.98. The molecule has 0 aromatic heterocycles. The molecule has 1 N–H and O–H groups in total. The number of halogens is 1. The van der Waals surface area contributed by atoms with Crippen molar-refractivity contribution in [2.45, 2.75) is 19.9 Å². The van der Waals surface area contributed by atoms with Gasteiger partial charge in [0.1, 0.15) is 0 Å². The standard InChI is InChI=1S/C11H15ClN2/c1-3-14-7-8(2)13-10-5-4-9(12)6-11(10)14/h4-6,8,13H,3,7H2,1-2H3. The van der Waals surface area contributed by atoms with E-state index < -0.39 is 0 Å². The van der Waals surface area contributed by atoms with E-state index in [0.717, 1.165) is 18.1 Å². The normalized spacial score (nSPS) is 20.2. The fourth-order valence-electron chi connectivity index (χ4n) is 1.93. The van der Waals surface area contributed by atoms with E-state index in [0.29, 0.717) is 6.04 Å². The third kappa shape index (κ3) is 1.67. The Labute approximate surface area is 89.9 Å². The minimum absolute atomic E-state index is 0.503. The van der Waals surface area contributed by atoms with Crippen molar-refractivity contribution < 1.29 is 0 Å². The van der Waals surface area contributed by atoms with Gasteiger partial charge in [-0.1, -0.05) is 11.6 Å². The molecule has 1 aromatic rings. The molecule has 0 fully saturated rings. The maximum atomic E-state index is 5.98. The number of anilines is 2. The highest BCUT2D eigenvalue weighted by molar-refractivity contribution is 6.31. The van der Waals surface area contributed by atoms with Gasteiger partial charge in [0.05, 0.1) is 11.4 Å². The second-order valence-electron chi connectivity index (χ2n) is 3.75. The lowest BCUT2D eigenvalue weighted by Crippen LogP contribution is -2.39. The van der Waals surface area contributed by atoms with Crippen LogP contribution in [0.4, 0.5) is 11.4 Å². The van der Waals surface area contributed by atoms with Crippen LogP contribution in [0.1, 0.15) is 13.8 Å². The average molecular weight is 211 g/mol. The summed E-state index contributed by atoms with van der Waals surface area (Å²) in [4.78, 5) is 2.35. The second-order valence-corrected chi connectivity index (χ2v) is 4.18. The summed E-state index contributed by atoms with van der Waals surface area (Å²) in [5.74, 6) is 0. The van der Waals surface area contributed by atoms with Crippen LogP contribution in [0, 0.1) is 0 Å². The van der Waals surface area contributed by atoms with Crippen molar-refractivity contribution in [3.63, 3.8) is 0 Å².